The van der Waals surface area contributed by atoms with Crippen LogP contribution in [0.4, 0.5) is 0 Å². The highest BCUT2D eigenvalue weighted by atomic mass is 32.1. The first-order valence-electron chi connectivity index (χ1n) is 6.81. The molecule has 0 aliphatic rings. The highest BCUT2D eigenvalue weighted by molar-refractivity contribution is 7.80. The van der Waals surface area contributed by atoms with Crippen LogP contribution in [-0.2, 0) is 6.54 Å². The van der Waals surface area contributed by atoms with Gasteiger partial charge in [0.2, 0.25) is 0 Å². The van der Waals surface area contributed by atoms with E-state index in [1.54, 1.807) is 21.3 Å². The number of hydrogen-bond donors (Lipinski definition) is 1. The van der Waals surface area contributed by atoms with Crippen molar-refractivity contribution in [3.8, 4) is 17.2 Å². The Morgan fingerprint density at radius 1 is 0.909 bits per heavy atom. The number of methoxy groups -OCH3 is 3. The smallest absolute Gasteiger partial charge is 0.129 e. The van der Waals surface area contributed by atoms with Crippen molar-refractivity contribution in [2.24, 2.45) is 0 Å². The molecule has 116 valence electrons. The lowest BCUT2D eigenvalue weighted by atomic mass is 10.1. The molecule has 0 saturated heterocycles. The Balaban J connectivity index is 2.08. The molecule has 0 fully saturated rings. The van der Waals surface area contributed by atoms with Crippen LogP contribution in [0.3, 0.4) is 0 Å². The fourth-order valence-corrected chi connectivity index (χ4v) is 2.24. The number of benzene rings is 2. The van der Waals surface area contributed by atoms with Gasteiger partial charge in [-0.15, -0.1) is 0 Å². The minimum Gasteiger partial charge on any atom is -0.497 e. The number of hydrogen-bond acceptors (Lipinski definition) is 4. The highest BCUT2D eigenvalue weighted by Crippen LogP contribution is 2.24. The molecule has 5 heteroatoms. The molecule has 2 aromatic carbocycles. The summed E-state index contributed by atoms with van der Waals surface area (Å²) >= 11 is 5.46. The normalized spacial score (nSPS) is 9.95. The van der Waals surface area contributed by atoms with Crippen LogP contribution in [0, 0.1) is 0 Å². The van der Waals surface area contributed by atoms with E-state index >= 15 is 0 Å². The zero-order valence-electron chi connectivity index (χ0n) is 12.9. The van der Waals surface area contributed by atoms with Gasteiger partial charge in [0.05, 0.1) is 26.9 Å². The maximum absolute atomic E-state index is 5.46. The SMILES string of the molecule is COc1ccc(CNC(=S)c2cc(OC)ccc2OC)cc1. The van der Waals surface area contributed by atoms with Crippen molar-refractivity contribution in [2.75, 3.05) is 21.3 Å². The number of rotatable bonds is 6. The molecule has 0 aromatic heterocycles. The molecule has 4 nitrogen and oxygen atoms in total. The van der Waals surface area contributed by atoms with Crippen molar-refractivity contribution < 1.29 is 14.2 Å². The molecule has 0 atom stereocenters. The average Bonchev–Trinajstić information content (AvgIpc) is 2.59. The van der Waals surface area contributed by atoms with Crippen LogP contribution in [0.5, 0.6) is 17.2 Å². The maximum Gasteiger partial charge on any atom is 0.129 e. The topological polar surface area (TPSA) is 39.7 Å². The fourth-order valence-electron chi connectivity index (χ4n) is 2.01. The van der Waals surface area contributed by atoms with E-state index in [4.69, 9.17) is 26.4 Å². The standard InChI is InChI=1S/C17H19NO3S/c1-19-13-6-4-12(5-7-13)11-18-17(22)15-10-14(20-2)8-9-16(15)21-3/h4-10H,11H2,1-3H3,(H,18,22). The van der Waals surface area contributed by atoms with Crippen molar-refractivity contribution in [3.05, 3.63) is 53.6 Å². The van der Waals surface area contributed by atoms with Crippen LogP contribution in [0.1, 0.15) is 11.1 Å². The summed E-state index contributed by atoms with van der Waals surface area (Å²) in [6.45, 7) is 0.628. The Bertz CT molecular complexity index is 641. The second-order valence-corrected chi connectivity index (χ2v) is 5.01. The largest absolute Gasteiger partial charge is 0.497 e. The molecule has 1 N–H and O–H groups in total. The van der Waals surface area contributed by atoms with Crippen molar-refractivity contribution >= 4 is 17.2 Å². The lowest BCUT2D eigenvalue weighted by Crippen LogP contribution is -2.22. The number of thiocarbonyl (C=S) groups is 1. The summed E-state index contributed by atoms with van der Waals surface area (Å²) in [4.78, 5) is 0.617. The van der Waals surface area contributed by atoms with Gasteiger partial charge in [-0.05, 0) is 35.9 Å². The van der Waals surface area contributed by atoms with Gasteiger partial charge in [-0.3, -0.25) is 0 Å². The summed E-state index contributed by atoms with van der Waals surface area (Å²) in [5.41, 5.74) is 1.93. The van der Waals surface area contributed by atoms with Gasteiger partial charge in [-0.25, -0.2) is 0 Å². The van der Waals surface area contributed by atoms with Crippen LogP contribution in [-0.4, -0.2) is 26.3 Å². The minimum absolute atomic E-state index is 0.617. The molecule has 0 heterocycles. The molecule has 0 amide bonds. The summed E-state index contributed by atoms with van der Waals surface area (Å²) in [6, 6.07) is 13.4. The highest BCUT2D eigenvalue weighted by Gasteiger charge is 2.10. The number of ether oxygens (including phenoxy) is 3. The Labute approximate surface area is 136 Å². The minimum atomic E-state index is 0.617. The first-order chi connectivity index (χ1) is 10.7. The third-order valence-electron chi connectivity index (χ3n) is 3.26. The quantitative estimate of drug-likeness (QED) is 0.829. The Morgan fingerprint density at radius 3 is 2.14 bits per heavy atom. The zero-order valence-corrected chi connectivity index (χ0v) is 13.7. The molecular formula is C17H19NO3S. The molecule has 22 heavy (non-hydrogen) atoms. The predicted octanol–water partition coefficient (Wildman–Crippen LogP) is 3.18. The van der Waals surface area contributed by atoms with E-state index in [-0.39, 0.29) is 0 Å². The van der Waals surface area contributed by atoms with Crippen molar-refractivity contribution in [2.45, 2.75) is 6.54 Å². The maximum atomic E-state index is 5.46. The van der Waals surface area contributed by atoms with Crippen molar-refractivity contribution in [3.63, 3.8) is 0 Å². The van der Waals surface area contributed by atoms with E-state index in [1.165, 1.54) is 0 Å². The van der Waals surface area contributed by atoms with E-state index in [0.29, 0.717) is 17.3 Å². The first-order valence-corrected chi connectivity index (χ1v) is 7.22. The number of nitrogens with one attached hydrogen (secondary N) is 1. The van der Waals surface area contributed by atoms with Crippen molar-refractivity contribution in [1.82, 2.24) is 5.32 Å². The summed E-state index contributed by atoms with van der Waals surface area (Å²) < 4.78 is 15.7. The molecule has 0 spiro atoms. The molecule has 0 saturated carbocycles. The Hall–Kier alpha value is -2.27. The summed E-state index contributed by atoms with van der Waals surface area (Å²) in [5, 5.41) is 3.23. The summed E-state index contributed by atoms with van der Waals surface area (Å²) in [6.07, 6.45) is 0. The Kier molecular flexibility index (Phi) is 5.61. The second kappa shape index (κ2) is 7.66. The average molecular weight is 317 g/mol. The van der Waals surface area contributed by atoms with Gasteiger partial charge in [0.15, 0.2) is 0 Å². The summed E-state index contributed by atoms with van der Waals surface area (Å²) in [5.74, 6) is 2.29. The molecule has 2 rings (SSSR count). The second-order valence-electron chi connectivity index (χ2n) is 4.60. The first kappa shape index (κ1) is 16.1. The third kappa shape index (κ3) is 3.89. The van der Waals surface area contributed by atoms with Crippen LogP contribution in [0.15, 0.2) is 42.5 Å². The van der Waals surface area contributed by atoms with Gasteiger partial charge in [0.1, 0.15) is 22.2 Å². The molecule has 0 bridgehead atoms. The monoisotopic (exact) mass is 317 g/mol. The Morgan fingerprint density at radius 2 is 1.55 bits per heavy atom. The van der Waals surface area contributed by atoms with Gasteiger partial charge in [0, 0.05) is 6.54 Å². The van der Waals surface area contributed by atoms with E-state index in [1.807, 2.05) is 42.5 Å². The van der Waals surface area contributed by atoms with Crippen LogP contribution in [0.25, 0.3) is 0 Å². The lowest BCUT2D eigenvalue weighted by Gasteiger charge is -2.13. The van der Waals surface area contributed by atoms with Gasteiger partial charge in [-0.2, -0.15) is 0 Å². The molecule has 2 aromatic rings. The van der Waals surface area contributed by atoms with Gasteiger partial charge >= 0.3 is 0 Å². The third-order valence-corrected chi connectivity index (χ3v) is 3.63. The molecule has 0 aliphatic heterocycles. The molecular weight excluding hydrogens is 298 g/mol. The molecule has 0 unspecified atom stereocenters. The van der Waals surface area contributed by atoms with E-state index < -0.39 is 0 Å². The molecule has 0 radical (unpaired) electrons. The van der Waals surface area contributed by atoms with E-state index in [9.17, 15) is 0 Å². The zero-order chi connectivity index (χ0) is 15.9. The van der Waals surface area contributed by atoms with Crippen LogP contribution in [0.2, 0.25) is 0 Å². The van der Waals surface area contributed by atoms with E-state index in [0.717, 1.165) is 22.6 Å². The van der Waals surface area contributed by atoms with Crippen LogP contribution >= 0.6 is 12.2 Å². The summed E-state index contributed by atoms with van der Waals surface area (Å²) in [7, 11) is 4.90. The van der Waals surface area contributed by atoms with Crippen LogP contribution < -0.4 is 19.5 Å². The van der Waals surface area contributed by atoms with Gasteiger partial charge in [-0.1, -0.05) is 24.4 Å². The molecule has 0 aliphatic carbocycles. The van der Waals surface area contributed by atoms with Crippen molar-refractivity contribution in [1.29, 1.82) is 0 Å². The van der Waals surface area contributed by atoms with Gasteiger partial charge in [0.25, 0.3) is 0 Å². The van der Waals surface area contributed by atoms with E-state index in [2.05, 4.69) is 5.32 Å². The predicted molar refractivity (Wildman–Crippen MR) is 91.1 cm³/mol. The van der Waals surface area contributed by atoms with Gasteiger partial charge < -0.3 is 19.5 Å². The fraction of sp³-hybridized carbons (Fsp3) is 0.235. The lowest BCUT2D eigenvalue weighted by molar-refractivity contribution is 0.402.